The number of ether oxygens (including phenoxy) is 1. The van der Waals surface area contributed by atoms with Gasteiger partial charge in [0.05, 0.1) is 24.8 Å². The minimum Gasteiger partial charge on any atom is -0.491 e. The zero-order chi connectivity index (χ0) is 28.7. The topological polar surface area (TPSA) is 145 Å². The van der Waals surface area contributed by atoms with Crippen molar-refractivity contribution in [3.63, 3.8) is 0 Å². The number of rotatable bonds is 5. The lowest BCUT2D eigenvalue weighted by molar-refractivity contribution is -0.139. The third-order valence-electron chi connectivity index (χ3n) is 6.80. The number of hydrogen-bond donors (Lipinski definition) is 2. The SMILES string of the molecule is CCN1CCOc2ccccc2C(=O)N[C@H](C(=O)N2CCN(S(C)(=O)=O)CC2)CC(=O)N[C@@H](CC(C)C)C1=O. The van der Waals surface area contributed by atoms with E-state index in [-0.39, 0.29) is 63.1 Å². The van der Waals surface area contributed by atoms with Crippen LogP contribution in [0, 0.1) is 5.92 Å². The van der Waals surface area contributed by atoms with Crippen LogP contribution in [0.25, 0.3) is 0 Å². The van der Waals surface area contributed by atoms with E-state index in [0.717, 1.165) is 6.26 Å². The average molecular weight is 566 g/mol. The van der Waals surface area contributed by atoms with E-state index in [2.05, 4.69) is 10.6 Å². The molecule has 0 spiro atoms. The highest BCUT2D eigenvalue weighted by atomic mass is 32.2. The maximum atomic E-state index is 13.5. The molecule has 3 rings (SSSR count). The van der Waals surface area contributed by atoms with Crippen LogP contribution in [0.4, 0.5) is 0 Å². The predicted molar refractivity (Wildman–Crippen MR) is 144 cm³/mol. The van der Waals surface area contributed by atoms with Crippen molar-refractivity contribution in [2.75, 3.05) is 52.1 Å². The summed E-state index contributed by atoms with van der Waals surface area (Å²) in [7, 11) is -3.40. The van der Waals surface area contributed by atoms with E-state index in [0.29, 0.717) is 18.7 Å². The minimum atomic E-state index is -3.40. The third kappa shape index (κ3) is 8.15. The molecule has 13 heteroatoms. The first-order chi connectivity index (χ1) is 18.4. The Balaban J connectivity index is 1.91. The van der Waals surface area contributed by atoms with Crippen LogP contribution in [0.5, 0.6) is 5.75 Å². The van der Waals surface area contributed by atoms with Crippen molar-refractivity contribution in [1.82, 2.24) is 24.7 Å². The van der Waals surface area contributed by atoms with E-state index in [1.807, 2.05) is 20.8 Å². The van der Waals surface area contributed by atoms with Gasteiger partial charge < -0.3 is 25.2 Å². The summed E-state index contributed by atoms with van der Waals surface area (Å²) in [4.78, 5) is 56.4. The number of nitrogens with one attached hydrogen (secondary N) is 2. The van der Waals surface area contributed by atoms with Crippen molar-refractivity contribution in [2.45, 2.75) is 45.7 Å². The molecule has 0 saturated carbocycles. The van der Waals surface area contributed by atoms with Crippen LogP contribution in [0.2, 0.25) is 0 Å². The van der Waals surface area contributed by atoms with Crippen LogP contribution >= 0.6 is 0 Å². The largest absolute Gasteiger partial charge is 0.491 e. The maximum absolute atomic E-state index is 13.5. The summed E-state index contributed by atoms with van der Waals surface area (Å²) < 4.78 is 30.9. The van der Waals surface area contributed by atoms with Crippen LogP contribution in [0.1, 0.15) is 44.0 Å². The summed E-state index contributed by atoms with van der Waals surface area (Å²) in [6.45, 7) is 7.05. The molecule has 4 amide bonds. The highest BCUT2D eigenvalue weighted by molar-refractivity contribution is 7.88. The Bertz CT molecular complexity index is 1160. The van der Waals surface area contributed by atoms with E-state index in [1.54, 1.807) is 29.2 Å². The lowest BCUT2D eigenvalue weighted by atomic mass is 10.0. The van der Waals surface area contributed by atoms with Crippen molar-refractivity contribution in [2.24, 2.45) is 5.92 Å². The summed E-state index contributed by atoms with van der Waals surface area (Å²) in [5.41, 5.74) is 0.196. The van der Waals surface area contributed by atoms with Gasteiger partial charge in [0, 0.05) is 32.7 Å². The van der Waals surface area contributed by atoms with Crippen LogP contribution in [0.3, 0.4) is 0 Å². The van der Waals surface area contributed by atoms with Crippen LogP contribution in [-0.2, 0) is 24.4 Å². The van der Waals surface area contributed by atoms with Gasteiger partial charge in [-0.25, -0.2) is 8.42 Å². The molecule has 2 atom stereocenters. The number of carbonyl (C=O) groups is 4. The molecule has 1 fully saturated rings. The first kappa shape index (κ1) is 30.4. The van der Waals surface area contributed by atoms with Gasteiger partial charge in [-0.2, -0.15) is 4.31 Å². The Morgan fingerprint density at radius 2 is 1.72 bits per heavy atom. The second-order valence-electron chi connectivity index (χ2n) is 10.2. The number of likely N-dealkylation sites (N-methyl/N-ethyl adjacent to an activating group) is 1. The molecule has 0 radical (unpaired) electrons. The molecule has 0 aliphatic carbocycles. The molecule has 2 heterocycles. The molecular formula is C26H39N5O7S. The maximum Gasteiger partial charge on any atom is 0.255 e. The highest BCUT2D eigenvalue weighted by Crippen LogP contribution is 2.19. The molecule has 2 N–H and O–H groups in total. The van der Waals surface area contributed by atoms with Gasteiger partial charge in [0.15, 0.2) is 0 Å². The number of benzene rings is 1. The zero-order valence-electron chi connectivity index (χ0n) is 23.0. The van der Waals surface area contributed by atoms with Crippen molar-refractivity contribution < 1.29 is 32.3 Å². The Hall–Kier alpha value is -3.19. The van der Waals surface area contributed by atoms with Crippen molar-refractivity contribution in [3.05, 3.63) is 29.8 Å². The number of fused-ring (bicyclic) bond motifs is 1. The quantitative estimate of drug-likeness (QED) is 0.513. The number of para-hydroxylation sites is 1. The standard InChI is InChI=1S/C26H39N5O7S/c1-5-29-14-15-38-22-9-7-6-8-19(22)24(33)28-21(17-23(32)27-20(25(29)34)16-18(2)3)26(35)30-10-12-31(13-11-30)39(4,36)37/h6-9,18,20-21H,5,10-17H2,1-4H3,(H,27,32)(H,28,33)/t20-,21-/m0/s1. The van der Waals surface area contributed by atoms with Gasteiger partial charge in [-0.05, 0) is 31.4 Å². The molecule has 1 saturated heterocycles. The van der Waals surface area contributed by atoms with Gasteiger partial charge >= 0.3 is 0 Å². The molecule has 0 bridgehead atoms. The third-order valence-corrected chi connectivity index (χ3v) is 8.10. The number of amides is 4. The molecule has 1 aromatic rings. The van der Waals surface area contributed by atoms with Gasteiger partial charge in [-0.3, -0.25) is 19.2 Å². The number of carbonyl (C=O) groups excluding carboxylic acids is 4. The predicted octanol–water partition coefficient (Wildman–Crippen LogP) is 0.0507. The smallest absolute Gasteiger partial charge is 0.255 e. The van der Waals surface area contributed by atoms with Gasteiger partial charge in [0.2, 0.25) is 27.7 Å². The van der Waals surface area contributed by atoms with Gasteiger partial charge in [0.1, 0.15) is 24.4 Å². The van der Waals surface area contributed by atoms with Gasteiger partial charge in [0.25, 0.3) is 5.91 Å². The number of hydrogen-bond acceptors (Lipinski definition) is 7. The van der Waals surface area contributed by atoms with Gasteiger partial charge in [-0.15, -0.1) is 0 Å². The molecule has 2 aliphatic rings. The monoisotopic (exact) mass is 565 g/mol. The van der Waals surface area contributed by atoms with Crippen molar-refractivity contribution >= 4 is 33.7 Å². The normalized spacial score (nSPS) is 22.4. The molecular weight excluding hydrogens is 526 g/mol. The Kier molecular flexibility index (Phi) is 10.3. The number of piperazine rings is 1. The molecule has 0 unspecified atom stereocenters. The van der Waals surface area contributed by atoms with E-state index < -0.39 is 39.8 Å². The molecule has 12 nitrogen and oxygen atoms in total. The van der Waals surface area contributed by atoms with E-state index in [9.17, 15) is 27.6 Å². The summed E-state index contributed by atoms with van der Waals surface area (Å²) >= 11 is 0. The summed E-state index contributed by atoms with van der Waals surface area (Å²) in [6.07, 6.45) is 1.14. The summed E-state index contributed by atoms with van der Waals surface area (Å²) in [5.74, 6) is -1.45. The van der Waals surface area contributed by atoms with Crippen molar-refractivity contribution in [1.29, 1.82) is 0 Å². The number of nitrogens with zero attached hydrogens (tertiary/aromatic N) is 3. The molecule has 0 aromatic heterocycles. The first-order valence-corrected chi connectivity index (χ1v) is 15.1. The van der Waals surface area contributed by atoms with E-state index >= 15 is 0 Å². The Labute approximate surface area is 230 Å². The lowest BCUT2D eigenvalue weighted by Crippen LogP contribution is -2.57. The van der Waals surface area contributed by atoms with E-state index in [1.165, 1.54) is 9.21 Å². The summed E-state index contributed by atoms with van der Waals surface area (Å²) in [6, 6.07) is 4.55. The zero-order valence-corrected chi connectivity index (χ0v) is 23.8. The van der Waals surface area contributed by atoms with Crippen molar-refractivity contribution in [3.8, 4) is 5.75 Å². The van der Waals surface area contributed by atoms with Crippen LogP contribution in [-0.4, -0.2) is 110 Å². The minimum absolute atomic E-state index is 0.114. The average Bonchev–Trinajstić information content (AvgIpc) is 2.88. The van der Waals surface area contributed by atoms with E-state index in [4.69, 9.17) is 4.74 Å². The summed E-state index contributed by atoms with van der Waals surface area (Å²) in [5, 5.41) is 5.47. The fourth-order valence-corrected chi connectivity index (χ4v) is 5.55. The Morgan fingerprint density at radius 1 is 1.05 bits per heavy atom. The second-order valence-corrected chi connectivity index (χ2v) is 12.2. The highest BCUT2D eigenvalue weighted by Gasteiger charge is 2.34. The Morgan fingerprint density at radius 3 is 2.33 bits per heavy atom. The molecule has 1 aromatic carbocycles. The van der Waals surface area contributed by atoms with Crippen LogP contribution in [0.15, 0.2) is 24.3 Å². The van der Waals surface area contributed by atoms with Crippen LogP contribution < -0.4 is 15.4 Å². The second kappa shape index (κ2) is 13.2. The molecule has 2 aliphatic heterocycles. The fraction of sp³-hybridized carbons (Fsp3) is 0.615. The first-order valence-electron chi connectivity index (χ1n) is 13.3. The fourth-order valence-electron chi connectivity index (χ4n) is 4.72. The number of sulfonamides is 1. The molecule has 216 valence electrons. The molecule has 39 heavy (non-hydrogen) atoms. The van der Waals surface area contributed by atoms with Gasteiger partial charge in [-0.1, -0.05) is 26.0 Å². The lowest BCUT2D eigenvalue weighted by Gasteiger charge is -2.35.